The third kappa shape index (κ3) is 2.60. The fraction of sp³-hybridized carbons (Fsp3) is 0.0526. The van der Waals surface area contributed by atoms with Gasteiger partial charge >= 0.3 is 0 Å². The molecule has 1 aromatic heterocycles. The van der Waals surface area contributed by atoms with Gasteiger partial charge in [-0.3, -0.25) is 0 Å². The van der Waals surface area contributed by atoms with Crippen LogP contribution >= 0.6 is 18.6 Å². The highest BCUT2D eigenvalue weighted by Gasteiger charge is 2.44. The summed E-state index contributed by atoms with van der Waals surface area (Å²) in [5, 5.41) is 5.04. The van der Waals surface area contributed by atoms with Gasteiger partial charge in [0.15, 0.2) is 4.62 Å². The third-order valence-corrected chi connectivity index (χ3v) is 9.67. The molecule has 1 heterocycles. The summed E-state index contributed by atoms with van der Waals surface area (Å²) < 4.78 is 1.47. The molecular weight excluding hydrogens is 291 g/mol. The summed E-state index contributed by atoms with van der Waals surface area (Å²) in [5.74, 6) is 0. The molecule has 0 aliphatic carbocycles. The summed E-state index contributed by atoms with van der Waals surface area (Å²) in [6.07, 6.45) is 3.08. The Labute approximate surface area is 131 Å². The molecule has 0 aliphatic heterocycles. The van der Waals surface area contributed by atoms with E-state index >= 15 is 0 Å². The number of rotatable bonds is 5. The number of hydrogen-bond donors (Lipinski definition) is 0. The molecule has 0 unspecified atom stereocenters. The summed E-state index contributed by atoms with van der Waals surface area (Å²) in [4.78, 5) is 0. The summed E-state index contributed by atoms with van der Waals surface area (Å²) >= 11 is 1.86. The van der Waals surface area contributed by atoms with E-state index in [4.69, 9.17) is 0 Å². The Kier molecular flexibility index (Phi) is 4.34. The van der Waals surface area contributed by atoms with E-state index in [-0.39, 0.29) is 0 Å². The Balaban J connectivity index is 2.29. The standard InChI is InChI=1S/C19H18PS/c1-2-15-20(19-14-9-16-21-19,17-10-5-3-6-11-17)18-12-7-4-8-13-18/h2-14,16H,1,15H2/q+1. The van der Waals surface area contributed by atoms with Gasteiger partial charge in [0, 0.05) is 0 Å². The first-order valence-electron chi connectivity index (χ1n) is 7.02. The van der Waals surface area contributed by atoms with Crippen LogP contribution in [0.15, 0.2) is 90.8 Å². The quantitative estimate of drug-likeness (QED) is 0.489. The van der Waals surface area contributed by atoms with Crippen LogP contribution in [0.3, 0.4) is 0 Å². The van der Waals surface area contributed by atoms with Gasteiger partial charge in [-0.25, -0.2) is 0 Å². The fourth-order valence-electron chi connectivity index (χ4n) is 2.75. The van der Waals surface area contributed by atoms with E-state index in [1.165, 1.54) is 15.2 Å². The molecule has 104 valence electrons. The maximum absolute atomic E-state index is 4.04. The van der Waals surface area contributed by atoms with E-state index < -0.39 is 7.26 Å². The van der Waals surface area contributed by atoms with Gasteiger partial charge in [0.1, 0.15) is 17.9 Å². The molecule has 2 heteroatoms. The van der Waals surface area contributed by atoms with Gasteiger partial charge < -0.3 is 0 Å². The predicted molar refractivity (Wildman–Crippen MR) is 98.1 cm³/mol. The maximum atomic E-state index is 4.04. The zero-order valence-electron chi connectivity index (χ0n) is 11.9. The van der Waals surface area contributed by atoms with E-state index in [1.807, 2.05) is 11.3 Å². The minimum absolute atomic E-state index is 1.00. The first-order valence-corrected chi connectivity index (χ1v) is 9.87. The van der Waals surface area contributed by atoms with E-state index in [2.05, 4.69) is 90.8 Å². The van der Waals surface area contributed by atoms with Crippen molar-refractivity contribution < 1.29 is 0 Å². The van der Waals surface area contributed by atoms with Crippen LogP contribution in [-0.4, -0.2) is 6.16 Å². The minimum Gasteiger partial charge on any atom is -0.107 e. The van der Waals surface area contributed by atoms with Gasteiger partial charge in [-0.2, -0.15) is 0 Å². The molecule has 3 aromatic rings. The lowest BCUT2D eigenvalue weighted by Gasteiger charge is -2.24. The second-order valence-electron chi connectivity index (χ2n) is 4.90. The lowest BCUT2D eigenvalue weighted by Crippen LogP contribution is -2.31. The predicted octanol–water partition coefficient (Wildman–Crippen LogP) is 4.23. The van der Waals surface area contributed by atoms with Crippen LogP contribution in [0.1, 0.15) is 0 Å². The first kappa shape index (κ1) is 14.3. The van der Waals surface area contributed by atoms with E-state index in [0.29, 0.717) is 0 Å². The molecular formula is C19H18PS+. The summed E-state index contributed by atoms with van der Waals surface area (Å²) in [7, 11) is -1.61. The zero-order valence-corrected chi connectivity index (χ0v) is 13.6. The number of benzene rings is 2. The first-order chi connectivity index (χ1) is 10.4. The molecule has 3 rings (SSSR count). The van der Waals surface area contributed by atoms with Crippen molar-refractivity contribution in [3.8, 4) is 0 Å². The highest BCUT2D eigenvalue weighted by Crippen LogP contribution is 2.56. The van der Waals surface area contributed by atoms with Crippen LogP contribution in [0, 0.1) is 0 Å². The van der Waals surface area contributed by atoms with E-state index in [0.717, 1.165) is 6.16 Å². The van der Waals surface area contributed by atoms with Gasteiger partial charge in [0.2, 0.25) is 0 Å². The second-order valence-corrected chi connectivity index (χ2v) is 9.65. The molecule has 0 saturated carbocycles. The Morgan fingerprint density at radius 2 is 1.38 bits per heavy atom. The lowest BCUT2D eigenvalue weighted by atomic mass is 10.4. The highest BCUT2D eigenvalue weighted by atomic mass is 32.1. The van der Waals surface area contributed by atoms with Crippen molar-refractivity contribution in [2.75, 3.05) is 6.16 Å². The molecule has 0 saturated heterocycles. The Morgan fingerprint density at radius 1 is 0.810 bits per heavy atom. The molecule has 0 amide bonds. The van der Waals surface area contributed by atoms with Crippen LogP contribution in [-0.2, 0) is 0 Å². The molecule has 0 N–H and O–H groups in total. The van der Waals surface area contributed by atoms with Crippen molar-refractivity contribution >= 4 is 33.8 Å². The molecule has 0 spiro atoms. The summed E-state index contributed by atoms with van der Waals surface area (Å²) in [5.41, 5.74) is 0. The van der Waals surface area contributed by atoms with Crippen LogP contribution < -0.4 is 15.2 Å². The van der Waals surface area contributed by atoms with Crippen molar-refractivity contribution in [3.05, 3.63) is 90.8 Å². The highest BCUT2D eigenvalue weighted by molar-refractivity contribution is 7.98. The third-order valence-electron chi connectivity index (χ3n) is 3.68. The fourth-order valence-corrected chi connectivity index (χ4v) is 8.46. The van der Waals surface area contributed by atoms with E-state index in [9.17, 15) is 0 Å². The van der Waals surface area contributed by atoms with Crippen LogP contribution in [0.25, 0.3) is 0 Å². The molecule has 0 aliphatic rings. The SMILES string of the molecule is C=CC[P+](c1ccccc1)(c1ccccc1)c1cccs1. The molecule has 2 aromatic carbocycles. The second kappa shape index (κ2) is 6.39. The Morgan fingerprint density at radius 3 is 1.81 bits per heavy atom. The average Bonchev–Trinajstić information content (AvgIpc) is 3.09. The lowest BCUT2D eigenvalue weighted by molar-refractivity contribution is 1.68. The molecule has 0 radical (unpaired) electrons. The zero-order chi connectivity index (χ0) is 14.5. The number of allylic oxidation sites excluding steroid dienone is 1. The summed E-state index contributed by atoms with van der Waals surface area (Å²) in [6.45, 7) is 4.04. The van der Waals surface area contributed by atoms with Crippen molar-refractivity contribution in [1.29, 1.82) is 0 Å². The van der Waals surface area contributed by atoms with Crippen molar-refractivity contribution in [2.45, 2.75) is 0 Å². The van der Waals surface area contributed by atoms with Gasteiger partial charge in [0.05, 0.1) is 6.16 Å². The van der Waals surface area contributed by atoms with Crippen molar-refractivity contribution in [1.82, 2.24) is 0 Å². The van der Waals surface area contributed by atoms with Gasteiger partial charge in [-0.05, 0) is 41.8 Å². The van der Waals surface area contributed by atoms with Crippen molar-refractivity contribution in [3.63, 3.8) is 0 Å². The molecule has 0 nitrogen and oxygen atoms in total. The largest absolute Gasteiger partial charge is 0.157 e. The minimum atomic E-state index is -1.61. The van der Waals surface area contributed by atoms with Gasteiger partial charge in [-0.1, -0.05) is 49.1 Å². The Hall–Kier alpha value is -1.69. The monoisotopic (exact) mass is 309 g/mol. The van der Waals surface area contributed by atoms with Crippen LogP contribution in [0.2, 0.25) is 0 Å². The number of thiophene rings is 1. The molecule has 0 fully saturated rings. The molecule has 21 heavy (non-hydrogen) atoms. The Bertz CT molecular complexity index is 647. The number of hydrogen-bond acceptors (Lipinski definition) is 1. The normalized spacial score (nSPS) is 11.2. The van der Waals surface area contributed by atoms with Crippen LogP contribution in [0.5, 0.6) is 0 Å². The molecule has 0 atom stereocenters. The van der Waals surface area contributed by atoms with E-state index in [1.54, 1.807) is 0 Å². The molecule has 0 bridgehead atoms. The van der Waals surface area contributed by atoms with Gasteiger partial charge in [0.25, 0.3) is 0 Å². The maximum Gasteiger partial charge on any atom is 0.157 e. The van der Waals surface area contributed by atoms with Crippen molar-refractivity contribution in [2.24, 2.45) is 0 Å². The average molecular weight is 309 g/mol. The topological polar surface area (TPSA) is 0 Å². The smallest absolute Gasteiger partial charge is 0.107 e. The van der Waals surface area contributed by atoms with Crippen LogP contribution in [0.4, 0.5) is 0 Å². The summed E-state index contributed by atoms with van der Waals surface area (Å²) in [6, 6.07) is 26.3. The van der Waals surface area contributed by atoms with Gasteiger partial charge in [-0.15, -0.1) is 11.3 Å².